The van der Waals surface area contributed by atoms with Gasteiger partial charge in [0, 0.05) is 29.5 Å². The molecule has 0 aromatic heterocycles. The summed E-state index contributed by atoms with van der Waals surface area (Å²) in [7, 11) is 0. The molecule has 0 fully saturated rings. The highest BCUT2D eigenvalue weighted by Gasteiger charge is 2.43. The largest absolute Gasteiger partial charge is 0.455 e. The fraction of sp³-hybridized carbons (Fsp3) is 0.421. The molecule has 0 radical (unpaired) electrons. The highest BCUT2D eigenvalue weighted by atomic mass is 16.7. The molecular formula is C19H20N4O12. The highest BCUT2D eigenvalue weighted by Crippen LogP contribution is 2.41. The number of ether oxygens (including phenoxy) is 2. The number of hydrogen-bond donors (Lipinski definition) is 2. The van der Waals surface area contributed by atoms with Crippen LogP contribution in [0.15, 0.2) is 40.5 Å². The lowest BCUT2D eigenvalue weighted by Gasteiger charge is -2.31. The Morgan fingerprint density at radius 1 is 1.03 bits per heavy atom. The van der Waals surface area contributed by atoms with Crippen molar-refractivity contribution in [3.05, 3.63) is 71.4 Å². The maximum atomic E-state index is 12.9. The standard InChI is InChI=1S/C19H20N4O12/c1-9-15(18(26)34-7-13(24)22(30)31)17(11-4-3-5-12(6-11)21(28)29)16(10(2)20-9)19(27)35-8-14(25)23(32)33/h3-6,13-15,17,24-25H,7-8H2,1-2H3. The number of allylic oxidation sites excluding steroid dienone is 1. The molecule has 1 aromatic carbocycles. The minimum Gasteiger partial charge on any atom is -0.455 e. The zero-order valence-corrected chi connectivity index (χ0v) is 18.3. The second-order valence-electron chi connectivity index (χ2n) is 7.32. The zero-order valence-electron chi connectivity index (χ0n) is 18.3. The Morgan fingerprint density at radius 3 is 2.14 bits per heavy atom. The van der Waals surface area contributed by atoms with Crippen LogP contribution in [0.3, 0.4) is 0 Å². The molecule has 2 rings (SSSR count). The third-order valence-corrected chi connectivity index (χ3v) is 4.97. The number of nitro benzene ring substituents is 1. The molecule has 35 heavy (non-hydrogen) atoms. The molecule has 4 unspecified atom stereocenters. The first-order chi connectivity index (χ1) is 16.3. The summed E-state index contributed by atoms with van der Waals surface area (Å²) >= 11 is 0. The predicted octanol–water partition coefficient (Wildman–Crippen LogP) is 0.320. The molecule has 0 saturated carbocycles. The van der Waals surface area contributed by atoms with Crippen LogP contribution in [0, 0.1) is 36.3 Å². The highest BCUT2D eigenvalue weighted by molar-refractivity contribution is 6.07. The summed E-state index contributed by atoms with van der Waals surface area (Å²) in [6.07, 6.45) is -4.45. The number of rotatable bonds is 10. The van der Waals surface area contributed by atoms with Crippen molar-refractivity contribution < 1.29 is 44.0 Å². The molecule has 4 atom stereocenters. The van der Waals surface area contributed by atoms with Crippen LogP contribution in [0.5, 0.6) is 0 Å². The van der Waals surface area contributed by atoms with Gasteiger partial charge in [0.25, 0.3) is 5.69 Å². The fourth-order valence-electron chi connectivity index (χ4n) is 3.40. The van der Waals surface area contributed by atoms with E-state index >= 15 is 0 Å². The van der Waals surface area contributed by atoms with Crippen molar-refractivity contribution in [2.45, 2.75) is 32.2 Å². The van der Waals surface area contributed by atoms with Crippen LogP contribution < -0.4 is 0 Å². The molecule has 188 valence electrons. The third kappa shape index (κ3) is 6.39. The zero-order chi connectivity index (χ0) is 26.4. The predicted molar refractivity (Wildman–Crippen MR) is 113 cm³/mol. The van der Waals surface area contributed by atoms with Gasteiger partial charge in [0.05, 0.1) is 20.3 Å². The van der Waals surface area contributed by atoms with Gasteiger partial charge in [0.1, 0.15) is 5.92 Å². The normalized spacial score (nSPS) is 19.3. The van der Waals surface area contributed by atoms with Crippen LogP contribution >= 0.6 is 0 Å². The van der Waals surface area contributed by atoms with Crippen LogP contribution in [0.2, 0.25) is 0 Å². The Balaban J connectivity index is 2.54. The minimum atomic E-state index is -2.23. The van der Waals surface area contributed by atoms with Gasteiger partial charge in [-0.2, -0.15) is 0 Å². The molecule has 0 amide bonds. The van der Waals surface area contributed by atoms with Gasteiger partial charge in [0.2, 0.25) is 0 Å². The van der Waals surface area contributed by atoms with Crippen molar-refractivity contribution in [2.75, 3.05) is 13.2 Å². The Bertz CT molecular complexity index is 1110. The molecule has 16 nitrogen and oxygen atoms in total. The Labute approximate surface area is 195 Å². The first kappa shape index (κ1) is 26.9. The number of non-ortho nitro benzene ring substituents is 1. The van der Waals surface area contributed by atoms with E-state index in [0.29, 0.717) is 0 Å². The molecule has 0 saturated heterocycles. The number of esters is 2. The summed E-state index contributed by atoms with van der Waals surface area (Å²) in [4.78, 5) is 59.5. The van der Waals surface area contributed by atoms with E-state index in [1.807, 2.05) is 0 Å². The molecule has 0 aliphatic carbocycles. The summed E-state index contributed by atoms with van der Waals surface area (Å²) in [5.74, 6) is -5.07. The van der Waals surface area contributed by atoms with E-state index < -0.39 is 64.2 Å². The Morgan fingerprint density at radius 2 is 1.60 bits per heavy atom. The second kappa shape index (κ2) is 11.2. The van der Waals surface area contributed by atoms with Crippen LogP contribution in [0.1, 0.15) is 25.3 Å². The maximum absolute atomic E-state index is 12.9. The van der Waals surface area contributed by atoms with Crippen molar-refractivity contribution in [2.24, 2.45) is 10.9 Å². The SMILES string of the molecule is CC1=NC(C)=C(C(=O)OCC(O)[N+](=O)[O-])C(c2cccc([N+](=O)[O-])c2)C1C(=O)OCC(O)[N+](=O)[O-]. The van der Waals surface area contributed by atoms with Gasteiger partial charge in [-0.15, -0.1) is 0 Å². The number of benzene rings is 1. The van der Waals surface area contributed by atoms with Crippen LogP contribution in [-0.2, 0) is 19.1 Å². The molecule has 1 aliphatic rings. The van der Waals surface area contributed by atoms with Crippen molar-refractivity contribution in [3.63, 3.8) is 0 Å². The van der Waals surface area contributed by atoms with E-state index in [-0.39, 0.29) is 28.2 Å². The van der Waals surface area contributed by atoms with E-state index in [0.717, 1.165) is 12.1 Å². The summed E-state index contributed by atoms with van der Waals surface area (Å²) in [6.45, 7) is 0.709. The maximum Gasteiger partial charge on any atom is 0.347 e. The van der Waals surface area contributed by atoms with Gasteiger partial charge in [-0.3, -0.25) is 40.1 Å². The molecule has 1 aromatic rings. The molecule has 2 N–H and O–H groups in total. The average Bonchev–Trinajstić information content (AvgIpc) is 2.79. The number of nitro groups is 3. The fourth-order valence-corrected chi connectivity index (χ4v) is 3.40. The minimum absolute atomic E-state index is 0.0222. The Kier molecular flexibility index (Phi) is 8.63. The summed E-state index contributed by atoms with van der Waals surface area (Å²) in [5, 5.41) is 51.2. The lowest BCUT2D eigenvalue weighted by molar-refractivity contribution is -0.573. The summed E-state index contributed by atoms with van der Waals surface area (Å²) in [5.41, 5.74) is -0.502. The number of hydrogen-bond acceptors (Lipinski definition) is 13. The van der Waals surface area contributed by atoms with Gasteiger partial charge in [0.15, 0.2) is 13.2 Å². The number of carbonyl (C=O) groups excluding carboxylic acids is 2. The molecule has 16 heteroatoms. The molecule has 1 aliphatic heterocycles. The van der Waals surface area contributed by atoms with Crippen LogP contribution in [0.25, 0.3) is 0 Å². The molecule has 0 bridgehead atoms. The molecule has 0 spiro atoms. The molecule has 1 heterocycles. The lowest BCUT2D eigenvalue weighted by Crippen LogP contribution is -2.38. The number of aliphatic hydroxyl groups is 2. The average molecular weight is 496 g/mol. The van der Waals surface area contributed by atoms with E-state index in [1.165, 1.54) is 26.0 Å². The van der Waals surface area contributed by atoms with Crippen molar-refractivity contribution in [1.29, 1.82) is 0 Å². The van der Waals surface area contributed by atoms with Crippen LogP contribution in [0.4, 0.5) is 5.69 Å². The number of carbonyl (C=O) groups is 2. The van der Waals surface area contributed by atoms with Gasteiger partial charge in [-0.25, -0.2) is 4.79 Å². The van der Waals surface area contributed by atoms with Gasteiger partial charge in [-0.05, 0) is 19.4 Å². The van der Waals surface area contributed by atoms with E-state index in [1.54, 1.807) is 0 Å². The summed E-state index contributed by atoms with van der Waals surface area (Å²) in [6, 6.07) is 4.91. The van der Waals surface area contributed by atoms with Crippen molar-refractivity contribution >= 4 is 23.3 Å². The Hall–Kier alpha value is -4.31. The molecular weight excluding hydrogens is 476 g/mol. The van der Waals surface area contributed by atoms with Gasteiger partial charge >= 0.3 is 24.4 Å². The summed E-state index contributed by atoms with van der Waals surface area (Å²) < 4.78 is 9.67. The van der Waals surface area contributed by atoms with Crippen LogP contribution in [-0.4, -0.2) is 68.3 Å². The quantitative estimate of drug-likeness (QED) is 0.193. The topological polar surface area (TPSA) is 235 Å². The number of aliphatic imine (C=N–C) groups is 1. The number of nitrogens with zero attached hydrogens (tertiary/aromatic N) is 4. The monoisotopic (exact) mass is 496 g/mol. The second-order valence-corrected chi connectivity index (χ2v) is 7.32. The first-order valence-corrected chi connectivity index (χ1v) is 9.82. The first-order valence-electron chi connectivity index (χ1n) is 9.82. The van der Waals surface area contributed by atoms with Crippen molar-refractivity contribution in [1.82, 2.24) is 0 Å². The van der Waals surface area contributed by atoms with E-state index in [4.69, 9.17) is 9.47 Å². The third-order valence-electron chi connectivity index (χ3n) is 4.97. The number of aliphatic hydroxyl groups excluding tert-OH is 2. The smallest absolute Gasteiger partial charge is 0.347 e. The van der Waals surface area contributed by atoms with E-state index in [9.17, 15) is 50.1 Å². The van der Waals surface area contributed by atoms with Crippen molar-refractivity contribution in [3.8, 4) is 0 Å². The van der Waals surface area contributed by atoms with Gasteiger partial charge in [-0.1, -0.05) is 12.1 Å². The lowest BCUT2D eigenvalue weighted by atomic mass is 9.75. The van der Waals surface area contributed by atoms with E-state index in [2.05, 4.69) is 4.99 Å². The van der Waals surface area contributed by atoms with Gasteiger partial charge < -0.3 is 19.7 Å².